The first-order valence-electron chi connectivity index (χ1n) is 10.9. The van der Waals surface area contributed by atoms with Crippen molar-refractivity contribution < 1.29 is 14.3 Å². The molecular formula is C27H25BrN2O3S. The average molecular weight is 537 g/mol. The number of hydrogen-bond donors (Lipinski definition) is 0. The quantitative estimate of drug-likeness (QED) is 0.260. The Hall–Kier alpha value is -3.16. The van der Waals surface area contributed by atoms with Crippen molar-refractivity contribution in [2.75, 3.05) is 18.6 Å². The van der Waals surface area contributed by atoms with Crippen LogP contribution in [0.3, 0.4) is 0 Å². The minimum absolute atomic E-state index is 0.174. The summed E-state index contributed by atoms with van der Waals surface area (Å²) >= 11 is 9.18. The lowest BCUT2D eigenvalue weighted by molar-refractivity contribution is -0.114. The molecule has 0 radical (unpaired) electrons. The summed E-state index contributed by atoms with van der Waals surface area (Å²) in [4.78, 5) is 16.5. The summed E-state index contributed by atoms with van der Waals surface area (Å²) in [5.74, 6) is 1.05. The molecule has 0 bridgehead atoms. The van der Waals surface area contributed by atoms with Gasteiger partial charge in [-0.25, -0.2) is 0 Å². The van der Waals surface area contributed by atoms with Crippen LogP contribution in [0.5, 0.6) is 11.5 Å². The van der Waals surface area contributed by atoms with Gasteiger partial charge in [-0.1, -0.05) is 48.0 Å². The van der Waals surface area contributed by atoms with Gasteiger partial charge in [0.25, 0.3) is 5.91 Å². The number of para-hydroxylation sites is 1. The molecule has 4 rings (SSSR count). The molecule has 1 aliphatic rings. The molecule has 1 fully saturated rings. The Balaban J connectivity index is 1.63. The number of aryl methyl sites for hydroxylation is 1. The number of hydrogen-bond acceptors (Lipinski definition) is 4. The number of anilines is 1. The van der Waals surface area contributed by atoms with Gasteiger partial charge in [0.1, 0.15) is 12.3 Å². The van der Waals surface area contributed by atoms with Crippen LogP contribution in [-0.4, -0.2) is 29.6 Å². The summed E-state index contributed by atoms with van der Waals surface area (Å²) in [7, 11) is 1.80. The molecule has 0 saturated carbocycles. The maximum atomic E-state index is 13.2. The Morgan fingerprint density at radius 3 is 2.41 bits per heavy atom. The molecule has 3 aromatic rings. The number of benzene rings is 3. The predicted octanol–water partition coefficient (Wildman–Crippen LogP) is 6.34. The van der Waals surface area contributed by atoms with Gasteiger partial charge in [0.05, 0.1) is 16.8 Å². The van der Waals surface area contributed by atoms with Gasteiger partial charge in [-0.15, -0.1) is 0 Å². The minimum atomic E-state index is -0.174. The summed E-state index contributed by atoms with van der Waals surface area (Å²) in [6, 6.07) is 21.4. The molecule has 7 heteroatoms. The van der Waals surface area contributed by atoms with Crippen molar-refractivity contribution in [1.82, 2.24) is 4.90 Å². The van der Waals surface area contributed by atoms with Gasteiger partial charge >= 0.3 is 0 Å². The number of halogens is 1. The van der Waals surface area contributed by atoms with E-state index in [1.165, 1.54) is 5.56 Å². The lowest BCUT2D eigenvalue weighted by atomic mass is 10.1. The average Bonchev–Trinajstić information content (AvgIpc) is 3.03. The zero-order valence-electron chi connectivity index (χ0n) is 19.2. The number of carbonyl (C=O) groups is 1. The predicted molar refractivity (Wildman–Crippen MR) is 143 cm³/mol. The standard InChI is InChI=1S/C27H25BrN2O3S/c1-4-32-24-16-20(14-22(28)25(24)33-17-19-12-10-18(2)11-13-19)15-23-26(31)30(27(34)29(23)3)21-8-6-5-7-9-21/h5-16H,4,17H2,1-3H3/b23-15-. The molecule has 34 heavy (non-hydrogen) atoms. The molecule has 174 valence electrons. The van der Waals surface area contributed by atoms with Crippen molar-refractivity contribution in [2.24, 2.45) is 0 Å². The number of ether oxygens (including phenoxy) is 2. The SMILES string of the molecule is CCOc1cc(/C=C2/C(=O)N(c3ccccc3)C(=S)N2C)cc(Br)c1OCc1ccc(C)cc1. The lowest BCUT2D eigenvalue weighted by Gasteiger charge is -2.16. The smallest absolute Gasteiger partial charge is 0.281 e. The highest BCUT2D eigenvalue weighted by Crippen LogP contribution is 2.39. The number of thiocarbonyl (C=S) groups is 1. The van der Waals surface area contributed by atoms with Crippen LogP contribution in [-0.2, 0) is 11.4 Å². The van der Waals surface area contributed by atoms with Gasteiger partial charge in [0.2, 0.25) is 0 Å². The monoisotopic (exact) mass is 536 g/mol. The lowest BCUT2D eigenvalue weighted by Crippen LogP contribution is -2.30. The second kappa shape index (κ2) is 10.4. The number of nitrogens with zero attached hydrogens (tertiary/aromatic N) is 2. The fourth-order valence-electron chi connectivity index (χ4n) is 3.63. The molecule has 1 heterocycles. The van der Waals surface area contributed by atoms with Crippen LogP contribution >= 0.6 is 28.1 Å². The van der Waals surface area contributed by atoms with Crippen LogP contribution in [0.2, 0.25) is 0 Å². The molecule has 5 nitrogen and oxygen atoms in total. The van der Waals surface area contributed by atoms with E-state index >= 15 is 0 Å². The second-order valence-electron chi connectivity index (χ2n) is 7.88. The third kappa shape index (κ3) is 5.00. The van der Waals surface area contributed by atoms with E-state index in [9.17, 15) is 4.79 Å². The number of carbonyl (C=O) groups excluding carboxylic acids is 1. The third-order valence-electron chi connectivity index (χ3n) is 5.42. The maximum absolute atomic E-state index is 13.2. The van der Waals surface area contributed by atoms with E-state index in [0.29, 0.717) is 35.5 Å². The van der Waals surface area contributed by atoms with Crippen LogP contribution < -0.4 is 14.4 Å². The molecular weight excluding hydrogens is 512 g/mol. The minimum Gasteiger partial charge on any atom is -0.490 e. The fourth-order valence-corrected chi connectivity index (χ4v) is 4.49. The first-order chi connectivity index (χ1) is 16.4. The summed E-state index contributed by atoms with van der Waals surface area (Å²) in [6.45, 7) is 4.88. The van der Waals surface area contributed by atoms with Crippen molar-refractivity contribution in [1.29, 1.82) is 0 Å². The zero-order valence-corrected chi connectivity index (χ0v) is 21.7. The van der Waals surface area contributed by atoms with Crippen LogP contribution in [0.25, 0.3) is 6.08 Å². The van der Waals surface area contributed by atoms with Gasteiger partial charge in [0.15, 0.2) is 16.6 Å². The number of rotatable bonds is 7. The van der Waals surface area contributed by atoms with Crippen molar-refractivity contribution >= 4 is 50.9 Å². The van der Waals surface area contributed by atoms with Gasteiger partial charge < -0.3 is 14.4 Å². The number of amides is 1. The third-order valence-corrected chi connectivity index (χ3v) is 6.46. The summed E-state index contributed by atoms with van der Waals surface area (Å²) in [6.07, 6.45) is 1.81. The molecule has 0 aliphatic carbocycles. The second-order valence-corrected chi connectivity index (χ2v) is 9.10. The fraction of sp³-hybridized carbons (Fsp3) is 0.185. The van der Waals surface area contributed by atoms with E-state index in [1.807, 2.05) is 67.6 Å². The molecule has 0 atom stereocenters. The zero-order chi connectivity index (χ0) is 24.2. The van der Waals surface area contributed by atoms with Crippen molar-refractivity contribution in [3.63, 3.8) is 0 Å². The van der Waals surface area contributed by atoms with Gasteiger partial charge in [-0.05, 0) is 83.5 Å². The summed E-state index contributed by atoms with van der Waals surface area (Å²) in [5.41, 5.74) is 4.29. The Bertz CT molecular complexity index is 1240. The molecule has 3 aromatic carbocycles. The van der Waals surface area contributed by atoms with Gasteiger partial charge in [-0.3, -0.25) is 9.69 Å². The highest BCUT2D eigenvalue weighted by atomic mass is 79.9. The summed E-state index contributed by atoms with van der Waals surface area (Å²) < 4.78 is 12.7. The molecule has 1 saturated heterocycles. The molecule has 0 N–H and O–H groups in total. The topological polar surface area (TPSA) is 42.0 Å². The van der Waals surface area contributed by atoms with Gasteiger partial charge in [-0.2, -0.15) is 0 Å². The van der Waals surface area contributed by atoms with E-state index in [-0.39, 0.29) is 5.91 Å². The summed E-state index contributed by atoms with van der Waals surface area (Å²) in [5, 5.41) is 0.435. The maximum Gasteiger partial charge on any atom is 0.281 e. The van der Waals surface area contributed by atoms with E-state index < -0.39 is 0 Å². The highest BCUT2D eigenvalue weighted by molar-refractivity contribution is 9.10. The first-order valence-corrected chi connectivity index (χ1v) is 12.1. The number of likely N-dealkylation sites (N-methyl/N-ethyl adjacent to an activating group) is 1. The molecule has 0 unspecified atom stereocenters. The Labute approximate surface area is 213 Å². The van der Waals surface area contributed by atoms with Gasteiger partial charge in [0, 0.05) is 7.05 Å². The van der Waals surface area contributed by atoms with Crippen molar-refractivity contribution in [3.8, 4) is 11.5 Å². The first kappa shape index (κ1) is 24.0. The molecule has 0 spiro atoms. The van der Waals surface area contributed by atoms with E-state index in [4.69, 9.17) is 21.7 Å². The Morgan fingerprint density at radius 2 is 1.74 bits per heavy atom. The Morgan fingerprint density at radius 1 is 1.03 bits per heavy atom. The van der Waals surface area contributed by atoms with E-state index in [1.54, 1.807) is 16.8 Å². The largest absolute Gasteiger partial charge is 0.490 e. The van der Waals surface area contributed by atoms with Crippen LogP contribution in [0.15, 0.2) is 76.9 Å². The van der Waals surface area contributed by atoms with E-state index in [0.717, 1.165) is 21.3 Å². The molecule has 0 aromatic heterocycles. The van der Waals surface area contributed by atoms with Crippen LogP contribution in [0, 0.1) is 6.92 Å². The van der Waals surface area contributed by atoms with E-state index in [2.05, 4.69) is 35.0 Å². The normalized spacial score (nSPS) is 14.8. The Kier molecular flexibility index (Phi) is 7.34. The van der Waals surface area contributed by atoms with Crippen LogP contribution in [0.4, 0.5) is 5.69 Å². The highest BCUT2D eigenvalue weighted by Gasteiger charge is 2.36. The van der Waals surface area contributed by atoms with Crippen molar-refractivity contribution in [2.45, 2.75) is 20.5 Å². The van der Waals surface area contributed by atoms with Crippen LogP contribution in [0.1, 0.15) is 23.6 Å². The molecule has 1 amide bonds. The van der Waals surface area contributed by atoms with Crippen molar-refractivity contribution in [3.05, 3.63) is 93.6 Å². The molecule has 1 aliphatic heterocycles.